The van der Waals surface area contributed by atoms with Crippen LogP contribution < -0.4 is 5.32 Å². The summed E-state index contributed by atoms with van der Waals surface area (Å²) in [7, 11) is 0. The van der Waals surface area contributed by atoms with E-state index in [0.29, 0.717) is 60.9 Å². The monoisotopic (exact) mass is 391 g/mol. The summed E-state index contributed by atoms with van der Waals surface area (Å²) in [4.78, 5) is 37.2. The average molecular weight is 391 g/mol. The summed E-state index contributed by atoms with van der Waals surface area (Å²) < 4.78 is 0. The summed E-state index contributed by atoms with van der Waals surface area (Å²) in [6, 6.07) is 13.8. The van der Waals surface area contributed by atoms with Crippen molar-refractivity contribution in [1.82, 2.24) is 5.32 Å². The molecule has 2 aromatic rings. The number of allylic oxidation sites excluding steroid dienone is 2. The normalized spacial score (nSPS) is 13.4. The maximum absolute atomic E-state index is 12.7. The number of hydrogen-bond acceptors (Lipinski definition) is 4. The lowest BCUT2D eigenvalue weighted by atomic mass is 9.83. The van der Waals surface area contributed by atoms with Gasteiger partial charge in [-0.25, -0.2) is 0 Å². The zero-order valence-corrected chi connectivity index (χ0v) is 16.5. The van der Waals surface area contributed by atoms with Gasteiger partial charge in [-0.3, -0.25) is 14.4 Å². The molecule has 0 saturated heterocycles. The molecule has 3 rings (SSSR count). The Bertz CT molecular complexity index is 957. The average Bonchev–Trinajstić information content (AvgIpc) is 2.73. The van der Waals surface area contributed by atoms with Crippen molar-refractivity contribution in [3.05, 3.63) is 76.4 Å². The van der Waals surface area contributed by atoms with E-state index in [-0.39, 0.29) is 23.2 Å². The summed E-state index contributed by atoms with van der Waals surface area (Å²) in [5.41, 5.74) is 3.09. The number of hydrogen-bond donors (Lipinski definition) is 2. The highest BCUT2D eigenvalue weighted by Crippen LogP contribution is 2.28. The number of fused-ring (bicyclic) bond motifs is 1. The van der Waals surface area contributed by atoms with Crippen LogP contribution in [0.2, 0.25) is 0 Å². The Morgan fingerprint density at radius 2 is 1.55 bits per heavy atom. The van der Waals surface area contributed by atoms with E-state index in [2.05, 4.69) is 5.32 Å². The lowest BCUT2D eigenvalue weighted by Gasteiger charge is -2.18. The number of phenolic OH excluding ortho intramolecular Hbond substituents is 1. The molecule has 0 fully saturated rings. The van der Waals surface area contributed by atoms with Crippen LogP contribution in [0.25, 0.3) is 0 Å². The maximum Gasteiger partial charge on any atom is 0.220 e. The van der Waals surface area contributed by atoms with Gasteiger partial charge in [0.1, 0.15) is 5.75 Å². The van der Waals surface area contributed by atoms with E-state index in [1.54, 1.807) is 43.3 Å². The number of ketones is 2. The SMILES string of the molecule is CC1=C(CCCCC(=O)NCCc2ccc(O)cc2)C(=O)c2ccccc2C1=O. The number of aromatic hydroxyl groups is 1. The number of carbonyl (C=O) groups is 3. The second-order valence-electron chi connectivity index (χ2n) is 7.28. The second kappa shape index (κ2) is 9.32. The van der Waals surface area contributed by atoms with Crippen molar-refractivity contribution < 1.29 is 19.5 Å². The molecule has 0 aromatic heterocycles. The van der Waals surface area contributed by atoms with Gasteiger partial charge in [0, 0.05) is 35.2 Å². The van der Waals surface area contributed by atoms with E-state index in [9.17, 15) is 19.5 Å². The molecule has 5 heteroatoms. The van der Waals surface area contributed by atoms with Crippen LogP contribution in [0.15, 0.2) is 59.7 Å². The topological polar surface area (TPSA) is 83.5 Å². The van der Waals surface area contributed by atoms with Crippen molar-refractivity contribution in [2.45, 2.75) is 39.0 Å². The fraction of sp³-hybridized carbons (Fsp3) is 0.292. The van der Waals surface area contributed by atoms with Gasteiger partial charge in [-0.2, -0.15) is 0 Å². The quantitative estimate of drug-likeness (QED) is 0.666. The van der Waals surface area contributed by atoms with Crippen LogP contribution in [0.4, 0.5) is 0 Å². The molecule has 0 radical (unpaired) electrons. The first-order valence-corrected chi connectivity index (χ1v) is 9.90. The molecule has 29 heavy (non-hydrogen) atoms. The van der Waals surface area contributed by atoms with Gasteiger partial charge < -0.3 is 10.4 Å². The number of benzene rings is 2. The molecule has 2 N–H and O–H groups in total. The van der Waals surface area contributed by atoms with Crippen LogP contribution in [0, 0.1) is 0 Å². The molecule has 0 saturated carbocycles. The van der Waals surface area contributed by atoms with Gasteiger partial charge in [-0.15, -0.1) is 0 Å². The Labute approximate surface area is 170 Å². The lowest BCUT2D eigenvalue weighted by molar-refractivity contribution is -0.121. The molecule has 0 unspecified atom stereocenters. The number of rotatable bonds is 8. The third-order valence-electron chi connectivity index (χ3n) is 5.24. The maximum atomic E-state index is 12.7. The smallest absolute Gasteiger partial charge is 0.220 e. The van der Waals surface area contributed by atoms with Crippen molar-refractivity contribution in [3.63, 3.8) is 0 Å². The van der Waals surface area contributed by atoms with E-state index < -0.39 is 0 Å². The predicted octanol–water partition coefficient (Wildman–Crippen LogP) is 4.01. The first-order chi connectivity index (χ1) is 14.0. The van der Waals surface area contributed by atoms with Crippen molar-refractivity contribution in [3.8, 4) is 5.75 Å². The number of phenols is 1. The van der Waals surface area contributed by atoms with Crippen LogP contribution >= 0.6 is 0 Å². The van der Waals surface area contributed by atoms with Crippen LogP contribution in [-0.2, 0) is 11.2 Å². The fourth-order valence-corrected chi connectivity index (χ4v) is 3.54. The molecule has 0 heterocycles. The van der Waals surface area contributed by atoms with Gasteiger partial charge in [0.15, 0.2) is 11.6 Å². The number of nitrogens with one attached hydrogen (secondary N) is 1. The van der Waals surface area contributed by atoms with Crippen LogP contribution in [0.3, 0.4) is 0 Å². The second-order valence-corrected chi connectivity index (χ2v) is 7.28. The van der Waals surface area contributed by atoms with Crippen LogP contribution in [0.1, 0.15) is 58.9 Å². The molecule has 0 spiro atoms. The summed E-state index contributed by atoms with van der Waals surface area (Å²) in [6.45, 7) is 2.25. The summed E-state index contributed by atoms with van der Waals surface area (Å²) >= 11 is 0. The standard InChI is InChI=1S/C24H25NO4/c1-16-19(24(29)21-8-3-2-7-20(21)23(16)28)6-4-5-9-22(27)25-15-14-17-10-12-18(26)13-11-17/h2-3,7-8,10-13,26H,4-6,9,14-15H2,1H3,(H,25,27). The van der Waals surface area contributed by atoms with Crippen molar-refractivity contribution in [2.24, 2.45) is 0 Å². The van der Waals surface area contributed by atoms with E-state index in [4.69, 9.17) is 0 Å². The Hall–Kier alpha value is -3.21. The van der Waals surface area contributed by atoms with Gasteiger partial charge in [-0.1, -0.05) is 36.4 Å². The molecule has 1 aliphatic rings. The minimum absolute atomic E-state index is 0.0223. The third kappa shape index (κ3) is 4.99. The predicted molar refractivity (Wildman–Crippen MR) is 111 cm³/mol. The first-order valence-electron chi connectivity index (χ1n) is 9.90. The van der Waals surface area contributed by atoms with E-state index >= 15 is 0 Å². The van der Waals surface area contributed by atoms with E-state index in [0.717, 1.165) is 5.56 Å². The molecule has 1 aliphatic carbocycles. The lowest BCUT2D eigenvalue weighted by Crippen LogP contribution is -2.25. The number of unbranched alkanes of at least 4 members (excludes halogenated alkanes) is 1. The van der Waals surface area contributed by atoms with Gasteiger partial charge in [0.25, 0.3) is 0 Å². The number of carbonyl (C=O) groups excluding carboxylic acids is 3. The molecule has 150 valence electrons. The Morgan fingerprint density at radius 3 is 2.24 bits per heavy atom. The summed E-state index contributed by atoms with van der Waals surface area (Å²) in [6.07, 6.45) is 2.93. The zero-order chi connectivity index (χ0) is 20.8. The summed E-state index contributed by atoms with van der Waals surface area (Å²) in [5.74, 6) is 0.0499. The molecule has 0 bridgehead atoms. The van der Waals surface area contributed by atoms with Crippen LogP contribution in [0.5, 0.6) is 5.75 Å². The molecule has 0 aliphatic heterocycles. The Morgan fingerprint density at radius 1 is 0.897 bits per heavy atom. The van der Waals surface area contributed by atoms with Crippen LogP contribution in [-0.4, -0.2) is 29.1 Å². The largest absolute Gasteiger partial charge is 0.508 e. The highest BCUT2D eigenvalue weighted by atomic mass is 16.3. The number of Topliss-reactive ketones (excluding diaryl/α,β-unsaturated/α-hetero) is 2. The van der Waals surface area contributed by atoms with Gasteiger partial charge in [0.2, 0.25) is 5.91 Å². The van der Waals surface area contributed by atoms with Crippen molar-refractivity contribution in [1.29, 1.82) is 0 Å². The summed E-state index contributed by atoms with van der Waals surface area (Å²) in [5, 5.41) is 12.2. The first kappa shape index (κ1) is 20.5. The van der Waals surface area contributed by atoms with Crippen molar-refractivity contribution in [2.75, 3.05) is 6.54 Å². The highest BCUT2D eigenvalue weighted by molar-refractivity contribution is 6.26. The Kier molecular flexibility index (Phi) is 6.60. The molecule has 0 atom stereocenters. The molecule has 2 aromatic carbocycles. The van der Waals surface area contributed by atoms with Gasteiger partial charge >= 0.3 is 0 Å². The Balaban J connectivity index is 1.42. The molecule has 5 nitrogen and oxygen atoms in total. The number of amides is 1. The minimum atomic E-state index is -0.0813. The van der Waals surface area contributed by atoms with Gasteiger partial charge in [-0.05, 0) is 50.3 Å². The molecular formula is C24H25NO4. The molecule has 1 amide bonds. The van der Waals surface area contributed by atoms with Crippen molar-refractivity contribution >= 4 is 17.5 Å². The van der Waals surface area contributed by atoms with Gasteiger partial charge in [0.05, 0.1) is 0 Å². The minimum Gasteiger partial charge on any atom is -0.508 e. The third-order valence-corrected chi connectivity index (χ3v) is 5.24. The fourth-order valence-electron chi connectivity index (χ4n) is 3.54. The highest BCUT2D eigenvalue weighted by Gasteiger charge is 2.28. The molecular weight excluding hydrogens is 366 g/mol. The van der Waals surface area contributed by atoms with E-state index in [1.165, 1.54) is 0 Å². The van der Waals surface area contributed by atoms with E-state index in [1.807, 2.05) is 12.1 Å². The zero-order valence-electron chi connectivity index (χ0n) is 16.5.